The van der Waals surface area contributed by atoms with Crippen molar-refractivity contribution in [3.8, 4) is 0 Å². The summed E-state index contributed by atoms with van der Waals surface area (Å²) in [7, 11) is -3.14. The normalized spacial score (nSPS) is 12.2. The summed E-state index contributed by atoms with van der Waals surface area (Å²) in [6.45, 7) is 7.31. The number of nitrogens with one attached hydrogen (secondary N) is 1. The molecule has 1 aromatic heterocycles. The average Bonchev–Trinajstić information content (AvgIpc) is 2.70. The molecule has 1 aromatic rings. The number of rotatable bonds is 7. The second kappa shape index (κ2) is 6.44. The summed E-state index contributed by atoms with van der Waals surface area (Å²) < 4.78 is 24.3. The minimum absolute atomic E-state index is 0.280. The maximum absolute atomic E-state index is 10.9. The van der Waals surface area contributed by atoms with Crippen molar-refractivity contribution in [1.82, 2.24) is 14.6 Å². The second-order valence-corrected chi connectivity index (χ2v) is 6.56. The molecule has 1 N–H and O–H groups in total. The SMILES string of the molecule is CCN(CC)Cc1csc(CNS(C)(=O)=O)n1. The van der Waals surface area contributed by atoms with Crippen LogP contribution in [0, 0.1) is 0 Å². The zero-order chi connectivity index (χ0) is 12.9. The Morgan fingerprint density at radius 3 is 2.59 bits per heavy atom. The monoisotopic (exact) mass is 277 g/mol. The molecular formula is C10H19N3O2S2. The average molecular weight is 277 g/mol. The zero-order valence-corrected chi connectivity index (χ0v) is 12.1. The third-order valence-electron chi connectivity index (χ3n) is 2.36. The molecule has 0 amide bonds. The van der Waals surface area contributed by atoms with Gasteiger partial charge in [-0.15, -0.1) is 11.3 Å². The highest BCUT2D eigenvalue weighted by Gasteiger charge is 2.07. The van der Waals surface area contributed by atoms with Gasteiger partial charge in [0.2, 0.25) is 10.0 Å². The van der Waals surface area contributed by atoms with Gasteiger partial charge in [-0.1, -0.05) is 13.8 Å². The highest BCUT2D eigenvalue weighted by Crippen LogP contribution is 2.11. The van der Waals surface area contributed by atoms with Crippen LogP contribution in [0.5, 0.6) is 0 Å². The molecule has 0 spiro atoms. The Morgan fingerprint density at radius 2 is 2.06 bits per heavy atom. The molecule has 0 radical (unpaired) electrons. The third kappa shape index (κ3) is 5.58. The van der Waals surface area contributed by atoms with Gasteiger partial charge < -0.3 is 0 Å². The molecule has 0 aliphatic rings. The molecule has 5 nitrogen and oxygen atoms in total. The highest BCUT2D eigenvalue weighted by atomic mass is 32.2. The quantitative estimate of drug-likeness (QED) is 0.809. The summed E-state index contributed by atoms with van der Waals surface area (Å²) in [5, 5.41) is 2.79. The number of aromatic nitrogens is 1. The molecule has 98 valence electrons. The van der Waals surface area contributed by atoms with Crippen LogP contribution >= 0.6 is 11.3 Å². The first-order valence-electron chi connectivity index (χ1n) is 5.54. The van der Waals surface area contributed by atoms with E-state index in [0.29, 0.717) is 0 Å². The van der Waals surface area contributed by atoms with E-state index in [-0.39, 0.29) is 6.54 Å². The fourth-order valence-electron chi connectivity index (χ4n) is 1.37. The number of nitrogens with zero attached hydrogens (tertiary/aromatic N) is 2. The van der Waals surface area contributed by atoms with Crippen LogP contribution in [0.1, 0.15) is 24.5 Å². The van der Waals surface area contributed by atoms with Crippen LogP contribution in [0.25, 0.3) is 0 Å². The Balaban J connectivity index is 2.53. The lowest BCUT2D eigenvalue weighted by Gasteiger charge is -2.15. The van der Waals surface area contributed by atoms with E-state index >= 15 is 0 Å². The van der Waals surface area contributed by atoms with E-state index in [1.165, 1.54) is 11.3 Å². The molecule has 1 rings (SSSR count). The maximum atomic E-state index is 10.9. The molecule has 0 aliphatic carbocycles. The van der Waals surface area contributed by atoms with Crippen LogP contribution < -0.4 is 4.72 Å². The Kier molecular flexibility index (Phi) is 5.51. The lowest BCUT2D eigenvalue weighted by molar-refractivity contribution is 0.292. The van der Waals surface area contributed by atoms with Crippen LogP contribution in [0.2, 0.25) is 0 Å². The van der Waals surface area contributed by atoms with E-state index in [0.717, 1.165) is 36.6 Å². The molecule has 0 saturated heterocycles. The maximum Gasteiger partial charge on any atom is 0.209 e. The van der Waals surface area contributed by atoms with Crippen LogP contribution in [0.3, 0.4) is 0 Å². The molecule has 1 heterocycles. The molecule has 0 atom stereocenters. The third-order valence-corrected chi connectivity index (χ3v) is 3.93. The van der Waals surface area contributed by atoms with Gasteiger partial charge in [0, 0.05) is 11.9 Å². The Labute approximate surface area is 107 Å². The topological polar surface area (TPSA) is 62.3 Å². The fraction of sp³-hybridized carbons (Fsp3) is 0.700. The van der Waals surface area contributed by atoms with E-state index in [2.05, 4.69) is 28.5 Å². The van der Waals surface area contributed by atoms with E-state index in [9.17, 15) is 8.42 Å². The van der Waals surface area contributed by atoms with Crippen molar-refractivity contribution in [2.24, 2.45) is 0 Å². The van der Waals surface area contributed by atoms with Gasteiger partial charge in [0.1, 0.15) is 5.01 Å². The lowest BCUT2D eigenvalue weighted by Crippen LogP contribution is -2.23. The van der Waals surface area contributed by atoms with Gasteiger partial charge in [0.05, 0.1) is 18.5 Å². The Morgan fingerprint density at radius 1 is 1.41 bits per heavy atom. The fourth-order valence-corrected chi connectivity index (χ4v) is 2.59. The van der Waals surface area contributed by atoms with Crippen molar-refractivity contribution >= 4 is 21.4 Å². The molecule has 17 heavy (non-hydrogen) atoms. The summed E-state index contributed by atoms with van der Waals surface area (Å²) in [5.74, 6) is 0. The van der Waals surface area contributed by atoms with Crippen molar-refractivity contribution in [3.63, 3.8) is 0 Å². The van der Waals surface area contributed by atoms with Gasteiger partial charge in [-0.3, -0.25) is 4.90 Å². The Bertz CT molecular complexity index is 438. The summed E-state index contributed by atoms with van der Waals surface area (Å²) >= 11 is 1.49. The van der Waals surface area contributed by atoms with Crippen molar-refractivity contribution in [2.45, 2.75) is 26.9 Å². The van der Waals surface area contributed by atoms with Gasteiger partial charge in [0.15, 0.2) is 0 Å². The molecule has 0 unspecified atom stereocenters. The van der Waals surface area contributed by atoms with E-state index in [4.69, 9.17) is 0 Å². The predicted molar refractivity (Wildman–Crippen MR) is 70.4 cm³/mol. The van der Waals surface area contributed by atoms with Gasteiger partial charge in [0.25, 0.3) is 0 Å². The van der Waals surface area contributed by atoms with Crippen LogP contribution in [0.15, 0.2) is 5.38 Å². The smallest absolute Gasteiger partial charge is 0.209 e. The van der Waals surface area contributed by atoms with E-state index < -0.39 is 10.0 Å². The van der Waals surface area contributed by atoms with Crippen molar-refractivity contribution in [3.05, 3.63) is 16.1 Å². The first-order valence-corrected chi connectivity index (χ1v) is 8.32. The largest absolute Gasteiger partial charge is 0.298 e. The van der Waals surface area contributed by atoms with Gasteiger partial charge >= 0.3 is 0 Å². The minimum atomic E-state index is -3.14. The van der Waals surface area contributed by atoms with Crippen molar-refractivity contribution in [1.29, 1.82) is 0 Å². The van der Waals surface area contributed by atoms with Gasteiger partial charge in [-0.05, 0) is 13.1 Å². The van der Waals surface area contributed by atoms with Crippen LogP contribution in [-0.2, 0) is 23.1 Å². The first kappa shape index (κ1) is 14.6. The first-order chi connectivity index (χ1) is 7.94. The van der Waals surface area contributed by atoms with E-state index in [1.807, 2.05) is 5.38 Å². The number of hydrogen-bond donors (Lipinski definition) is 1. The summed E-state index contributed by atoms with van der Waals surface area (Å²) in [6.07, 6.45) is 1.15. The Hall–Kier alpha value is -0.500. The summed E-state index contributed by atoms with van der Waals surface area (Å²) in [6, 6.07) is 0. The van der Waals surface area contributed by atoms with Crippen molar-refractivity contribution < 1.29 is 8.42 Å². The van der Waals surface area contributed by atoms with Gasteiger partial charge in [-0.25, -0.2) is 18.1 Å². The molecule has 0 saturated carbocycles. The molecule has 0 bridgehead atoms. The molecule has 0 fully saturated rings. The highest BCUT2D eigenvalue weighted by molar-refractivity contribution is 7.88. The van der Waals surface area contributed by atoms with Crippen LogP contribution in [-0.4, -0.2) is 37.6 Å². The zero-order valence-electron chi connectivity index (χ0n) is 10.4. The summed E-state index contributed by atoms with van der Waals surface area (Å²) in [5.41, 5.74) is 1.00. The van der Waals surface area contributed by atoms with Crippen molar-refractivity contribution in [2.75, 3.05) is 19.3 Å². The van der Waals surface area contributed by atoms with Crippen LogP contribution in [0.4, 0.5) is 0 Å². The number of sulfonamides is 1. The number of hydrogen-bond acceptors (Lipinski definition) is 5. The van der Waals surface area contributed by atoms with Gasteiger partial charge in [-0.2, -0.15) is 0 Å². The minimum Gasteiger partial charge on any atom is -0.298 e. The molecule has 7 heteroatoms. The number of thiazole rings is 1. The lowest BCUT2D eigenvalue weighted by atomic mass is 10.4. The predicted octanol–water partition coefficient (Wildman–Crippen LogP) is 1.03. The van der Waals surface area contributed by atoms with E-state index in [1.54, 1.807) is 0 Å². The summed E-state index contributed by atoms with van der Waals surface area (Å²) in [4.78, 5) is 6.67. The standard InChI is InChI=1S/C10H19N3O2S2/c1-4-13(5-2)7-9-8-16-10(12-9)6-11-17(3,14)15/h8,11H,4-7H2,1-3H3. The molecular weight excluding hydrogens is 258 g/mol. The molecule has 0 aliphatic heterocycles. The second-order valence-electron chi connectivity index (χ2n) is 3.79. The molecule has 0 aromatic carbocycles.